The van der Waals surface area contributed by atoms with Crippen molar-refractivity contribution < 1.29 is 9.21 Å². The van der Waals surface area contributed by atoms with Gasteiger partial charge in [0.25, 0.3) is 0 Å². The van der Waals surface area contributed by atoms with E-state index in [0.717, 1.165) is 57.2 Å². The molecule has 0 spiro atoms. The van der Waals surface area contributed by atoms with Crippen molar-refractivity contribution in [3.63, 3.8) is 0 Å². The summed E-state index contributed by atoms with van der Waals surface area (Å²) in [5.41, 5.74) is 0.963. The Morgan fingerprint density at radius 2 is 1.80 bits per heavy atom. The summed E-state index contributed by atoms with van der Waals surface area (Å²) >= 11 is 0. The average Bonchev–Trinajstić information content (AvgIpc) is 3.42. The van der Waals surface area contributed by atoms with Crippen LogP contribution in [0.15, 0.2) is 34.7 Å². The molecule has 2 aromatic rings. The first-order valence-corrected chi connectivity index (χ1v) is 9.25. The highest BCUT2D eigenvalue weighted by molar-refractivity contribution is 5.79. The van der Waals surface area contributed by atoms with Gasteiger partial charge in [-0.25, -0.2) is 0 Å². The minimum Gasteiger partial charge on any atom is -0.405 e. The minimum atomic E-state index is -0.391. The van der Waals surface area contributed by atoms with Crippen LogP contribution in [0.4, 0.5) is 6.01 Å². The van der Waals surface area contributed by atoms with E-state index in [4.69, 9.17) is 4.42 Å². The molecule has 2 heterocycles. The molecule has 1 aliphatic heterocycles. The van der Waals surface area contributed by atoms with Crippen molar-refractivity contribution in [2.75, 3.05) is 18.0 Å². The lowest BCUT2D eigenvalue weighted by Crippen LogP contribution is -2.33. The third-order valence-corrected chi connectivity index (χ3v) is 5.20. The van der Waals surface area contributed by atoms with Crippen LogP contribution in [0.2, 0.25) is 0 Å². The summed E-state index contributed by atoms with van der Waals surface area (Å²) in [4.78, 5) is 14.8. The van der Waals surface area contributed by atoms with E-state index in [1.54, 1.807) is 0 Å². The first kappa shape index (κ1) is 16.1. The number of rotatable bonds is 5. The Bertz CT molecular complexity index is 703. The number of nitrogens with one attached hydrogen (secondary N) is 1. The molecule has 2 aliphatic rings. The maximum atomic E-state index is 12.7. The lowest BCUT2D eigenvalue weighted by molar-refractivity contribution is -0.125. The van der Waals surface area contributed by atoms with E-state index in [-0.39, 0.29) is 11.8 Å². The number of aromatic nitrogens is 2. The number of hydrogen-bond acceptors (Lipinski definition) is 5. The Balaban J connectivity index is 1.57. The van der Waals surface area contributed by atoms with Crippen LogP contribution in [-0.2, 0) is 4.79 Å². The molecule has 1 atom stereocenters. The summed E-state index contributed by atoms with van der Waals surface area (Å²) in [7, 11) is 0. The van der Waals surface area contributed by atoms with Gasteiger partial charge in [0.15, 0.2) is 0 Å². The van der Waals surface area contributed by atoms with Gasteiger partial charge in [0.2, 0.25) is 11.8 Å². The summed E-state index contributed by atoms with van der Waals surface area (Å²) in [6.45, 7) is 1.90. The van der Waals surface area contributed by atoms with Gasteiger partial charge >= 0.3 is 6.01 Å². The van der Waals surface area contributed by atoms with E-state index >= 15 is 0 Å². The predicted octanol–water partition coefficient (Wildman–Crippen LogP) is 3.07. The summed E-state index contributed by atoms with van der Waals surface area (Å²) in [6, 6.07) is 10.0. The van der Waals surface area contributed by atoms with Crippen LogP contribution in [0.5, 0.6) is 0 Å². The van der Waals surface area contributed by atoms with E-state index < -0.39 is 6.04 Å². The van der Waals surface area contributed by atoms with E-state index in [9.17, 15) is 4.79 Å². The zero-order valence-corrected chi connectivity index (χ0v) is 14.4. The Labute approximate surface area is 147 Å². The molecule has 1 saturated carbocycles. The standard InChI is InChI=1S/C19H24N4O2/c24-17(15-10-4-5-11-15)20-16(14-8-2-1-3-9-14)18-21-22-19(25-18)23-12-6-7-13-23/h1-3,8-9,15-16H,4-7,10-13H2,(H,20,24)/t16-/m0/s1. The SMILES string of the molecule is O=C(N[C@@H](c1ccccc1)c1nnc(N2CCCC2)o1)C1CCCC1. The maximum absolute atomic E-state index is 12.7. The molecule has 132 valence electrons. The summed E-state index contributed by atoms with van der Waals surface area (Å²) < 4.78 is 5.94. The molecule has 6 nitrogen and oxygen atoms in total. The van der Waals surface area contributed by atoms with Crippen LogP contribution in [0.1, 0.15) is 56.0 Å². The number of carbonyl (C=O) groups excluding carboxylic acids is 1. The second kappa shape index (κ2) is 7.25. The van der Waals surface area contributed by atoms with Gasteiger partial charge in [0, 0.05) is 19.0 Å². The molecular weight excluding hydrogens is 316 g/mol. The van der Waals surface area contributed by atoms with Gasteiger partial charge in [-0.3, -0.25) is 4.79 Å². The number of amides is 1. The fourth-order valence-corrected chi connectivity index (χ4v) is 3.76. The van der Waals surface area contributed by atoms with Crippen LogP contribution in [-0.4, -0.2) is 29.2 Å². The first-order chi connectivity index (χ1) is 12.3. The Hall–Kier alpha value is -2.37. The third kappa shape index (κ3) is 3.52. The van der Waals surface area contributed by atoms with Crippen molar-refractivity contribution in [3.8, 4) is 0 Å². The second-order valence-electron chi connectivity index (χ2n) is 6.95. The summed E-state index contributed by atoms with van der Waals surface area (Å²) in [5.74, 6) is 0.652. The largest absolute Gasteiger partial charge is 0.405 e. The van der Waals surface area contributed by atoms with Crippen molar-refractivity contribution in [2.24, 2.45) is 5.92 Å². The molecule has 0 radical (unpaired) electrons. The fourth-order valence-electron chi connectivity index (χ4n) is 3.76. The van der Waals surface area contributed by atoms with E-state index in [1.807, 2.05) is 30.3 Å². The monoisotopic (exact) mass is 340 g/mol. The van der Waals surface area contributed by atoms with E-state index in [1.165, 1.54) is 0 Å². The highest BCUT2D eigenvalue weighted by Crippen LogP contribution is 2.29. The number of nitrogens with zero attached hydrogens (tertiary/aromatic N) is 3. The van der Waals surface area contributed by atoms with Gasteiger partial charge in [-0.15, -0.1) is 5.10 Å². The van der Waals surface area contributed by atoms with Gasteiger partial charge < -0.3 is 14.6 Å². The topological polar surface area (TPSA) is 71.3 Å². The van der Waals surface area contributed by atoms with E-state index in [2.05, 4.69) is 20.4 Å². The molecule has 1 aliphatic carbocycles. The van der Waals surface area contributed by atoms with Crippen LogP contribution in [0, 0.1) is 5.92 Å². The molecule has 1 aromatic carbocycles. The first-order valence-electron chi connectivity index (χ1n) is 9.25. The second-order valence-corrected chi connectivity index (χ2v) is 6.95. The van der Waals surface area contributed by atoms with Crippen LogP contribution < -0.4 is 10.2 Å². The quantitative estimate of drug-likeness (QED) is 0.906. The molecule has 25 heavy (non-hydrogen) atoms. The fraction of sp³-hybridized carbons (Fsp3) is 0.526. The molecule has 4 rings (SSSR count). The lowest BCUT2D eigenvalue weighted by Gasteiger charge is -2.18. The van der Waals surface area contributed by atoms with Crippen LogP contribution >= 0.6 is 0 Å². The third-order valence-electron chi connectivity index (χ3n) is 5.20. The average molecular weight is 340 g/mol. The van der Waals surface area contributed by atoms with Crippen molar-refractivity contribution in [1.29, 1.82) is 0 Å². The highest BCUT2D eigenvalue weighted by Gasteiger charge is 2.29. The lowest BCUT2D eigenvalue weighted by atomic mass is 10.0. The predicted molar refractivity (Wildman–Crippen MR) is 94.1 cm³/mol. The summed E-state index contributed by atoms with van der Waals surface area (Å²) in [5, 5.41) is 11.6. The molecule has 0 unspecified atom stereocenters. The number of anilines is 1. The van der Waals surface area contributed by atoms with Gasteiger partial charge in [-0.05, 0) is 31.2 Å². The van der Waals surface area contributed by atoms with E-state index in [0.29, 0.717) is 11.9 Å². The number of hydrogen-bond donors (Lipinski definition) is 1. The molecule has 6 heteroatoms. The smallest absolute Gasteiger partial charge is 0.318 e. The zero-order chi connectivity index (χ0) is 17.1. The Morgan fingerprint density at radius 1 is 1.08 bits per heavy atom. The molecule has 0 bridgehead atoms. The molecule has 1 N–H and O–H groups in total. The zero-order valence-electron chi connectivity index (χ0n) is 14.4. The normalized spacial score (nSPS) is 19.3. The van der Waals surface area contributed by atoms with Crippen LogP contribution in [0.3, 0.4) is 0 Å². The molecule has 1 amide bonds. The van der Waals surface area contributed by atoms with Gasteiger partial charge in [0.1, 0.15) is 6.04 Å². The molecule has 1 saturated heterocycles. The molecule has 2 fully saturated rings. The number of benzene rings is 1. The molecule has 1 aromatic heterocycles. The van der Waals surface area contributed by atoms with Gasteiger partial charge in [0.05, 0.1) is 0 Å². The van der Waals surface area contributed by atoms with Gasteiger partial charge in [-0.1, -0.05) is 48.3 Å². The maximum Gasteiger partial charge on any atom is 0.318 e. The van der Waals surface area contributed by atoms with Crippen molar-refractivity contribution in [2.45, 2.75) is 44.6 Å². The van der Waals surface area contributed by atoms with Crippen LogP contribution in [0.25, 0.3) is 0 Å². The minimum absolute atomic E-state index is 0.0901. The Morgan fingerprint density at radius 3 is 2.52 bits per heavy atom. The summed E-state index contributed by atoms with van der Waals surface area (Å²) in [6.07, 6.45) is 6.50. The Kier molecular flexibility index (Phi) is 4.68. The van der Waals surface area contributed by atoms with Crippen molar-refractivity contribution >= 4 is 11.9 Å². The van der Waals surface area contributed by atoms with Crippen molar-refractivity contribution in [1.82, 2.24) is 15.5 Å². The van der Waals surface area contributed by atoms with Gasteiger partial charge in [-0.2, -0.15) is 0 Å². The molecular formula is C19H24N4O2. The highest BCUT2D eigenvalue weighted by atomic mass is 16.4. The van der Waals surface area contributed by atoms with Crippen molar-refractivity contribution in [3.05, 3.63) is 41.8 Å². The number of carbonyl (C=O) groups is 1.